The zero-order chi connectivity index (χ0) is 23.2. The predicted octanol–water partition coefficient (Wildman–Crippen LogP) is 9.46. The van der Waals surface area contributed by atoms with E-state index in [9.17, 15) is 0 Å². The SMILES string of the molecule is CC(C)CCCCCCCCOCC(COCCCCCCCCC(C)C)CC(C)C. The molecule has 0 aliphatic carbocycles. The summed E-state index contributed by atoms with van der Waals surface area (Å²) in [4.78, 5) is 0. The van der Waals surface area contributed by atoms with Crippen LogP contribution in [0.3, 0.4) is 0 Å². The van der Waals surface area contributed by atoms with Gasteiger partial charge in [-0.1, -0.05) is 119 Å². The molecular formula is C29H60O2. The topological polar surface area (TPSA) is 18.5 Å². The van der Waals surface area contributed by atoms with E-state index in [1.54, 1.807) is 0 Å². The number of hydrogen-bond donors (Lipinski definition) is 0. The van der Waals surface area contributed by atoms with Gasteiger partial charge in [0.1, 0.15) is 0 Å². The van der Waals surface area contributed by atoms with Crippen molar-refractivity contribution in [2.45, 2.75) is 138 Å². The zero-order valence-electron chi connectivity index (χ0n) is 22.6. The first-order valence-electron chi connectivity index (χ1n) is 14.1. The molecule has 31 heavy (non-hydrogen) atoms. The van der Waals surface area contributed by atoms with E-state index >= 15 is 0 Å². The second-order valence-corrected chi connectivity index (χ2v) is 11.3. The third-order valence-corrected chi connectivity index (χ3v) is 6.15. The minimum absolute atomic E-state index is 0.562. The molecule has 0 amide bonds. The average molecular weight is 441 g/mol. The van der Waals surface area contributed by atoms with Crippen LogP contribution in [0.5, 0.6) is 0 Å². The van der Waals surface area contributed by atoms with Crippen molar-refractivity contribution in [1.82, 2.24) is 0 Å². The highest BCUT2D eigenvalue weighted by Crippen LogP contribution is 2.15. The molecule has 0 atom stereocenters. The van der Waals surface area contributed by atoms with Crippen molar-refractivity contribution in [3.05, 3.63) is 0 Å². The molecule has 0 fully saturated rings. The Balaban J connectivity index is 3.57. The standard InChI is InChI=1S/C29H60O2/c1-26(2)19-15-11-7-9-13-17-21-30-24-29(23-28(5)6)25-31-22-18-14-10-8-12-16-20-27(3)4/h26-29H,7-25H2,1-6H3. The maximum Gasteiger partial charge on any atom is 0.0516 e. The Bertz CT molecular complexity index is 310. The van der Waals surface area contributed by atoms with Crippen LogP contribution >= 0.6 is 0 Å². The van der Waals surface area contributed by atoms with Gasteiger partial charge in [0, 0.05) is 19.1 Å². The van der Waals surface area contributed by atoms with Gasteiger partial charge < -0.3 is 9.47 Å². The Morgan fingerprint density at radius 1 is 0.419 bits per heavy atom. The molecule has 0 N–H and O–H groups in total. The molecule has 0 spiro atoms. The van der Waals surface area contributed by atoms with E-state index in [0.717, 1.165) is 38.3 Å². The fraction of sp³-hybridized carbons (Fsp3) is 1.00. The maximum absolute atomic E-state index is 6.03. The van der Waals surface area contributed by atoms with Gasteiger partial charge in [0.15, 0.2) is 0 Å². The van der Waals surface area contributed by atoms with Crippen molar-refractivity contribution < 1.29 is 9.47 Å². The second kappa shape index (κ2) is 23.1. The molecule has 0 aromatic rings. The van der Waals surface area contributed by atoms with Crippen LogP contribution in [-0.4, -0.2) is 26.4 Å². The summed E-state index contributed by atoms with van der Waals surface area (Å²) in [6, 6.07) is 0. The Labute approximate surface area is 197 Å². The van der Waals surface area contributed by atoms with Gasteiger partial charge in [-0.3, -0.25) is 0 Å². The molecule has 2 nitrogen and oxygen atoms in total. The molecule has 0 rings (SSSR count). The van der Waals surface area contributed by atoms with Crippen LogP contribution in [0.25, 0.3) is 0 Å². The first kappa shape index (κ1) is 30.9. The first-order chi connectivity index (χ1) is 14.9. The summed E-state index contributed by atoms with van der Waals surface area (Å²) in [5, 5.41) is 0. The molecule has 0 aromatic heterocycles. The summed E-state index contributed by atoms with van der Waals surface area (Å²) in [7, 11) is 0. The van der Waals surface area contributed by atoms with Crippen molar-refractivity contribution in [2.24, 2.45) is 23.7 Å². The van der Waals surface area contributed by atoms with E-state index in [4.69, 9.17) is 9.47 Å². The maximum atomic E-state index is 6.03. The van der Waals surface area contributed by atoms with Gasteiger partial charge in [-0.2, -0.15) is 0 Å². The highest BCUT2D eigenvalue weighted by atomic mass is 16.5. The summed E-state index contributed by atoms with van der Waals surface area (Å²) in [5.74, 6) is 3.00. The minimum atomic E-state index is 0.562. The molecule has 0 unspecified atom stereocenters. The fourth-order valence-electron chi connectivity index (χ4n) is 4.28. The third kappa shape index (κ3) is 26.1. The molecule has 0 aliphatic rings. The third-order valence-electron chi connectivity index (χ3n) is 6.15. The van der Waals surface area contributed by atoms with Crippen molar-refractivity contribution >= 4 is 0 Å². The molecule has 0 aromatic carbocycles. The Kier molecular flexibility index (Phi) is 23.0. The summed E-state index contributed by atoms with van der Waals surface area (Å²) in [6.45, 7) is 17.5. The van der Waals surface area contributed by atoms with E-state index < -0.39 is 0 Å². The number of rotatable bonds is 24. The van der Waals surface area contributed by atoms with E-state index in [1.165, 1.54) is 96.3 Å². The number of hydrogen-bond acceptors (Lipinski definition) is 2. The molecule has 0 bridgehead atoms. The van der Waals surface area contributed by atoms with Crippen LogP contribution in [0, 0.1) is 23.7 Å². The molecule has 0 saturated heterocycles. The lowest BCUT2D eigenvalue weighted by Crippen LogP contribution is -2.19. The molecule has 2 heteroatoms. The van der Waals surface area contributed by atoms with Gasteiger partial charge in [-0.05, 0) is 37.0 Å². The summed E-state index contributed by atoms with van der Waals surface area (Å²) in [6.07, 6.45) is 20.2. The lowest BCUT2D eigenvalue weighted by atomic mass is 9.98. The molecule has 0 saturated carbocycles. The van der Waals surface area contributed by atoms with Crippen molar-refractivity contribution in [1.29, 1.82) is 0 Å². The van der Waals surface area contributed by atoms with Crippen LogP contribution in [0.4, 0.5) is 0 Å². The molecular weight excluding hydrogens is 380 g/mol. The van der Waals surface area contributed by atoms with E-state index in [-0.39, 0.29) is 0 Å². The van der Waals surface area contributed by atoms with Crippen molar-refractivity contribution in [3.8, 4) is 0 Å². The second-order valence-electron chi connectivity index (χ2n) is 11.3. The van der Waals surface area contributed by atoms with Crippen LogP contribution < -0.4 is 0 Å². The van der Waals surface area contributed by atoms with Crippen LogP contribution in [0.2, 0.25) is 0 Å². The normalized spacial score (nSPS) is 12.2. The predicted molar refractivity (Wildman–Crippen MR) is 139 cm³/mol. The largest absolute Gasteiger partial charge is 0.381 e. The van der Waals surface area contributed by atoms with Gasteiger partial charge in [0.05, 0.1) is 13.2 Å². The Morgan fingerprint density at radius 3 is 1.13 bits per heavy atom. The zero-order valence-corrected chi connectivity index (χ0v) is 22.6. The monoisotopic (exact) mass is 440 g/mol. The Morgan fingerprint density at radius 2 is 0.774 bits per heavy atom. The van der Waals surface area contributed by atoms with Crippen LogP contribution in [-0.2, 0) is 9.47 Å². The summed E-state index contributed by atoms with van der Waals surface area (Å²) < 4.78 is 12.1. The average Bonchev–Trinajstić information content (AvgIpc) is 2.69. The summed E-state index contributed by atoms with van der Waals surface area (Å²) in [5.41, 5.74) is 0. The number of unbranched alkanes of at least 4 members (excludes halogenated alkanes) is 10. The fourth-order valence-corrected chi connectivity index (χ4v) is 4.28. The van der Waals surface area contributed by atoms with Gasteiger partial charge >= 0.3 is 0 Å². The molecule has 0 heterocycles. The quantitative estimate of drug-likeness (QED) is 0.139. The number of ether oxygens (including phenoxy) is 2. The van der Waals surface area contributed by atoms with Crippen LogP contribution in [0.1, 0.15) is 138 Å². The van der Waals surface area contributed by atoms with Crippen molar-refractivity contribution in [2.75, 3.05) is 26.4 Å². The van der Waals surface area contributed by atoms with E-state index in [2.05, 4.69) is 41.5 Å². The highest BCUT2D eigenvalue weighted by Gasteiger charge is 2.12. The highest BCUT2D eigenvalue weighted by molar-refractivity contribution is 4.61. The Hall–Kier alpha value is -0.0800. The van der Waals surface area contributed by atoms with Gasteiger partial charge in [-0.25, -0.2) is 0 Å². The lowest BCUT2D eigenvalue weighted by Gasteiger charge is -2.19. The lowest BCUT2D eigenvalue weighted by molar-refractivity contribution is 0.0292. The van der Waals surface area contributed by atoms with Crippen molar-refractivity contribution in [3.63, 3.8) is 0 Å². The van der Waals surface area contributed by atoms with E-state index in [0.29, 0.717) is 11.8 Å². The first-order valence-corrected chi connectivity index (χ1v) is 14.1. The summed E-state index contributed by atoms with van der Waals surface area (Å²) >= 11 is 0. The molecule has 188 valence electrons. The smallest absolute Gasteiger partial charge is 0.0516 e. The van der Waals surface area contributed by atoms with E-state index in [1.807, 2.05) is 0 Å². The molecule has 0 radical (unpaired) electrons. The van der Waals surface area contributed by atoms with Crippen LogP contribution in [0.15, 0.2) is 0 Å². The van der Waals surface area contributed by atoms with Gasteiger partial charge in [0.2, 0.25) is 0 Å². The van der Waals surface area contributed by atoms with Gasteiger partial charge in [-0.15, -0.1) is 0 Å². The molecule has 0 aliphatic heterocycles. The minimum Gasteiger partial charge on any atom is -0.381 e. The van der Waals surface area contributed by atoms with Gasteiger partial charge in [0.25, 0.3) is 0 Å².